The number of anilines is 1. The first kappa shape index (κ1) is 19.8. The fourth-order valence-corrected chi connectivity index (χ4v) is 3.17. The molecule has 1 heterocycles. The van der Waals surface area contributed by atoms with Crippen LogP contribution >= 0.6 is 11.3 Å². The average Bonchev–Trinajstić information content (AvgIpc) is 2.97. The molecule has 0 fully saturated rings. The van der Waals surface area contributed by atoms with Gasteiger partial charge in [-0.3, -0.25) is 9.52 Å². The third kappa shape index (κ3) is 6.08. The number of hydrogen-bond acceptors (Lipinski definition) is 7. The van der Waals surface area contributed by atoms with Crippen LogP contribution in [0.2, 0.25) is 0 Å². The van der Waals surface area contributed by atoms with Crippen LogP contribution in [0, 0.1) is 6.92 Å². The molecule has 1 unspecified atom stereocenters. The molecular weight excluding hydrogens is 376 g/mol. The second-order valence-corrected chi connectivity index (χ2v) is 8.33. The Bertz CT molecular complexity index is 930. The predicted octanol–water partition coefficient (Wildman–Crippen LogP) is 2.65. The van der Waals surface area contributed by atoms with Crippen LogP contribution in [0.4, 0.5) is 5.69 Å². The van der Waals surface area contributed by atoms with E-state index in [1.807, 2.05) is 6.92 Å². The first-order chi connectivity index (χ1) is 12.1. The minimum absolute atomic E-state index is 0.309. The van der Waals surface area contributed by atoms with E-state index in [0.29, 0.717) is 16.9 Å². The number of carbonyl (C=O) groups is 2. The van der Waals surface area contributed by atoms with Gasteiger partial charge in [-0.25, -0.2) is 18.2 Å². The highest BCUT2D eigenvalue weighted by atomic mass is 32.2. The SMILES string of the molecule is Cc1nc(/C=C/C(=O)OC(C)C(=O)c2ccc(NS(C)(=O)=O)cc2)cs1. The molecule has 1 atom stereocenters. The van der Waals surface area contributed by atoms with Gasteiger partial charge in [-0.05, 0) is 44.2 Å². The van der Waals surface area contributed by atoms with E-state index in [-0.39, 0.29) is 5.78 Å². The van der Waals surface area contributed by atoms with Crippen molar-refractivity contribution in [2.75, 3.05) is 11.0 Å². The van der Waals surface area contributed by atoms with Gasteiger partial charge >= 0.3 is 5.97 Å². The van der Waals surface area contributed by atoms with E-state index < -0.39 is 22.1 Å². The van der Waals surface area contributed by atoms with Crippen LogP contribution in [-0.2, 0) is 19.6 Å². The van der Waals surface area contributed by atoms with E-state index >= 15 is 0 Å². The molecule has 0 radical (unpaired) electrons. The molecule has 9 heteroatoms. The number of Topliss-reactive ketones (excluding diaryl/α,β-unsaturated/α-hetero) is 1. The normalized spacial score (nSPS) is 12.7. The van der Waals surface area contributed by atoms with Gasteiger partial charge in [-0.15, -0.1) is 11.3 Å². The fourth-order valence-electron chi connectivity index (χ4n) is 2.03. The Morgan fingerprint density at radius 1 is 1.27 bits per heavy atom. The summed E-state index contributed by atoms with van der Waals surface area (Å²) < 4.78 is 29.7. The summed E-state index contributed by atoms with van der Waals surface area (Å²) in [5, 5.41) is 2.69. The summed E-state index contributed by atoms with van der Waals surface area (Å²) in [5.74, 6) is -1.03. The lowest BCUT2D eigenvalue weighted by Gasteiger charge is -2.11. The summed E-state index contributed by atoms with van der Waals surface area (Å²) in [4.78, 5) is 28.3. The van der Waals surface area contributed by atoms with Gasteiger partial charge in [-0.2, -0.15) is 0 Å². The third-order valence-electron chi connectivity index (χ3n) is 3.16. The molecule has 0 aliphatic carbocycles. The van der Waals surface area contributed by atoms with Crippen molar-refractivity contribution in [3.8, 4) is 0 Å². The van der Waals surface area contributed by atoms with Crippen molar-refractivity contribution in [3.05, 3.63) is 52.0 Å². The van der Waals surface area contributed by atoms with Gasteiger partial charge in [-0.1, -0.05) is 0 Å². The maximum Gasteiger partial charge on any atom is 0.331 e. The molecular formula is C17H18N2O5S2. The Morgan fingerprint density at radius 3 is 2.46 bits per heavy atom. The number of sulfonamides is 1. The van der Waals surface area contributed by atoms with E-state index in [9.17, 15) is 18.0 Å². The number of aryl methyl sites for hydroxylation is 1. The highest BCUT2D eigenvalue weighted by molar-refractivity contribution is 7.92. The number of ketones is 1. The van der Waals surface area contributed by atoms with Crippen LogP contribution in [0.1, 0.15) is 28.0 Å². The van der Waals surface area contributed by atoms with Crippen LogP contribution < -0.4 is 4.72 Å². The quantitative estimate of drug-likeness (QED) is 0.440. The number of thiazole rings is 1. The van der Waals surface area contributed by atoms with E-state index in [2.05, 4.69) is 9.71 Å². The molecule has 0 saturated heterocycles. The van der Waals surface area contributed by atoms with Gasteiger partial charge in [0.15, 0.2) is 6.10 Å². The van der Waals surface area contributed by atoms with Crippen molar-refractivity contribution in [2.24, 2.45) is 0 Å². The Kier molecular flexibility index (Phi) is 6.27. The Labute approximate surface area is 155 Å². The molecule has 2 rings (SSSR count). The summed E-state index contributed by atoms with van der Waals surface area (Å²) in [6, 6.07) is 5.86. The Hall–Kier alpha value is -2.52. The number of benzene rings is 1. The lowest BCUT2D eigenvalue weighted by atomic mass is 10.1. The zero-order chi connectivity index (χ0) is 19.3. The van der Waals surface area contributed by atoms with E-state index in [1.165, 1.54) is 54.7 Å². The van der Waals surface area contributed by atoms with Crippen molar-refractivity contribution in [2.45, 2.75) is 20.0 Å². The van der Waals surface area contributed by atoms with Gasteiger partial charge in [0.1, 0.15) is 0 Å². The lowest BCUT2D eigenvalue weighted by molar-refractivity contribution is -0.140. The largest absolute Gasteiger partial charge is 0.451 e. The number of ether oxygens (including phenoxy) is 1. The van der Waals surface area contributed by atoms with Crippen molar-refractivity contribution in [1.82, 2.24) is 4.98 Å². The number of rotatable bonds is 7. The molecule has 1 aromatic heterocycles. The first-order valence-electron chi connectivity index (χ1n) is 7.57. The van der Waals surface area contributed by atoms with Gasteiger partial charge in [0.05, 0.1) is 17.0 Å². The lowest BCUT2D eigenvalue weighted by Crippen LogP contribution is -2.23. The molecule has 0 aliphatic heterocycles. The first-order valence-corrected chi connectivity index (χ1v) is 10.3. The van der Waals surface area contributed by atoms with E-state index in [0.717, 1.165) is 11.3 Å². The molecule has 0 bridgehead atoms. The van der Waals surface area contributed by atoms with Crippen molar-refractivity contribution in [1.29, 1.82) is 0 Å². The van der Waals surface area contributed by atoms with Gasteiger partial charge in [0, 0.05) is 22.7 Å². The molecule has 0 amide bonds. The van der Waals surface area contributed by atoms with Crippen LogP contribution in [0.15, 0.2) is 35.7 Å². The predicted molar refractivity (Wildman–Crippen MR) is 101 cm³/mol. The van der Waals surface area contributed by atoms with Gasteiger partial charge in [0.25, 0.3) is 0 Å². The number of nitrogens with zero attached hydrogens (tertiary/aromatic N) is 1. The molecule has 7 nitrogen and oxygen atoms in total. The van der Waals surface area contributed by atoms with Crippen LogP contribution in [0.3, 0.4) is 0 Å². The Morgan fingerprint density at radius 2 is 1.92 bits per heavy atom. The highest BCUT2D eigenvalue weighted by Gasteiger charge is 2.18. The number of carbonyl (C=O) groups excluding carboxylic acids is 2. The maximum absolute atomic E-state index is 12.3. The van der Waals surface area contributed by atoms with Crippen molar-refractivity contribution >= 4 is 44.9 Å². The number of aromatic nitrogens is 1. The summed E-state index contributed by atoms with van der Waals surface area (Å²) in [5.41, 5.74) is 1.30. The molecule has 0 aliphatic rings. The molecule has 138 valence electrons. The molecule has 1 aromatic carbocycles. The summed E-state index contributed by atoms with van der Waals surface area (Å²) in [7, 11) is -3.39. The second kappa shape index (κ2) is 8.24. The second-order valence-electron chi connectivity index (χ2n) is 5.52. The topological polar surface area (TPSA) is 102 Å². The van der Waals surface area contributed by atoms with Gasteiger partial charge in [0.2, 0.25) is 15.8 Å². The smallest absolute Gasteiger partial charge is 0.331 e. The summed E-state index contributed by atoms with van der Waals surface area (Å²) in [6.07, 6.45) is 2.80. The third-order valence-corrected chi connectivity index (χ3v) is 4.56. The van der Waals surface area contributed by atoms with E-state index in [1.54, 1.807) is 5.38 Å². The maximum atomic E-state index is 12.3. The molecule has 26 heavy (non-hydrogen) atoms. The monoisotopic (exact) mass is 394 g/mol. The minimum atomic E-state index is -3.39. The number of nitrogens with one attached hydrogen (secondary N) is 1. The zero-order valence-electron chi connectivity index (χ0n) is 14.4. The number of hydrogen-bond donors (Lipinski definition) is 1. The Balaban J connectivity index is 1.96. The van der Waals surface area contributed by atoms with Crippen molar-refractivity contribution < 1.29 is 22.7 Å². The summed E-state index contributed by atoms with van der Waals surface area (Å²) in [6.45, 7) is 3.33. The van der Waals surface area contributed by atoms with Crippen LogP contribution in [0.25, 0.3) is 6.08 Å². The molecule has 0 spiro atoms. The molecule has 2 aromatic rings. The van der Waals surface area contributed by atoms with Crippen molar-refractivity contribution in [3.63, 3.8) is 0 Å². The van der Waals surface area contributed by atoms with Gasteiger partial charge < -0.3 is 4.74 Å². The van der Waals surface area contributed by atoms with E-state index in [4.69, 9.17) is 4.74 Å². The van der Waals surface area contributed by atoms with Crippen LogP contribution in [0.5, 0.6) is 0 Å². The standard InChI is InChI=1S/C17H18N2O5S2/c1-11(24-16(20)9-8-15-10-25-12(2)18-15)17(21)13-4-6-14(7-5-13)19-26(3,22)23/h4-11,19H,1-3H3/b9-8+. The number of esters is 1. The average molecular weight is 394 g/mol. The summed E-state index contributed by atoms with van der Waals surface area (Å²) >= 11 is 1.47. The highest BCUT2D eigenvalue weighted by Crippen LogP contribution is 2.14. The molecule has 1 N–H and O–H groups in total. The molecule has 0 saturated carbocycles. The minimum Gasteiger partial charge on any atom is -0.451 e. The fraction of sp³-hybridized carbons (Fsp3) is 0.235. The van der Waals surface area contributed by atoms with Crippen LogP contribution in [-0.4, -0.2) is 37.5 Å². The zero-order valence-corrected chi connectivity index (χ0v) is 16.1.